The van der Waals surface area contributed by atoms with Crippen LogP contribution in [0.15, 0.2) is 22.8 Å². The summed E-state index contributed by atoms with van der Waals surface area (Å²) >= 11 is 3.33. The summed E-state index contributed by atoms with van der Waals surface area (Å²) in [6, 6.07) is 3.80. The second-order valence-electron chi connectivity index (χ2n) is 5.26. The molecule has 0 aromatic carbocycles. The summed E-state index contributed by atoms with van der Waals surface area (Å²) in [6.45, 7) is 4.78. The highest BCUT2D eigenvalue weighted by Crippen LogP contribution is 2.22. The van der Waals surface area contributed by atoms with Crippen LogP contribution in [0.2, 0.25) is 0 Å². The summed E-state index contributed by atoms with van der Waals surface area (Å²) in [5.41, 5.74) is -0.0855. The lowest BCUT2D eigenvalue weighted by molar-refractivity contribution is 0.376. The largest absolute Gasteiger partial charge is 0.370 e. The van der Waals surface area contributed by atoms with Gasteiger partial charge in [0.25, 0.3) is 0 Å². The van der Waals surface area contributed by atoms with Crippen molar-refractivity contribution in [2.75, 3.05) is 23.9 Å². The molecule has 0 aliphatic carbocycles. The maximum Gasteiger partial charge on any atom is 0.147 e. The summed E-state index contributed by atoms with van der Waals surface area (Å²) in [4.78, 5) is 4.21. The van der Waals surface area contributed by atoms with Crippen molar-refractivity contribution in [1.29, 1.82) is 0 Å². The third-order valence-electron chi connectivity index (χ3n) is 2.63. The monoisotopic (exact) mass is 334 g/mol. The zero-order valence-electron chi connectivity index (χ0n) is 10.9. The van der Waals surface area contributed by atoms with Crippen LogP contribution in [-0.4, -0.2) is 32.0 Å². The van der Waals surface area contributed by atoms with Crippen molar-refractivity contribution in [3.05, 3.63) is 22.8 Å². The summed E-state index contributed by atoms with van der Waals surface area (Å²) < 4.78 is 23.2. The maximum absolute atomic E-state index is 11.2. The van der Waals surface area contributed by atoms with E-state index in [9.17, 15) is 8.42 Å². The Morgan fingerprint density at radius 3 is 2.56 bits per heavy atom. The first-order chi connectivity index (χ1) is 8.18. The fourth-order valence-electron chi connectivity index (χ4n) is 1.36. The zero-order valence-corrected chi connectivity index (χ0v) is 13.3. The Bertz CT molecular complexity index is 483. The van der Waals surface area contributed by atoms with Gasteiger partial charge in [-0.1, -0.05) is 13.8 Å². The molecular weight excluding hydrogens is 316 g/mol. The molecule has 1 aromatic rings. The van der Waals surface area contributed by atoms with Gasteiger partial charge < -0.3 is 5.32 Å². The topological polar surface area (TPSA) is 59.1 Å². The van der Waals surface area contributed by atoms with Crippen molar-refractivity contribution in [2.45, 2.75) is 20.3 Å². The molecule has 0 amide bonds. The fourth-order valence-corrected chi connectivity index (χ4v) is 2.52. The molecule has 102 valence electrons. The van der Waals surface area contributed by atoms with Crippen LogP contribution < -0.4 is 5.32 Å². The summed E-state index contributed by atoms with van der Waals surface area (Å²) in [7, 11) is -2.90. The lowest BCUT2D eigenvalue weighted by Gasteiger charge is -2.24. The van der Waals surface area contributed by atoms with E-state index in [-0.39, 0.29) is 11.2 Å². The minimum Gasteiger partial charge on any atom is -0.370 e. The zero-order chi connectivity index (χ0) is 13.8. The van der Waals surface area contributed by atoms with E-state index in [1.54, 1.807) is 6.20 Å². The predicted molar refractivity (Wildman–Crippen MR) is 78.5 cm³/mol. The first-order valence-corrected chi connectivity index (χ1v) is 8.56. The first-order valence-electron chi connectivity index (χ1n) is 5.71. The van der Waals surface area contributed by atoms with Gasteiger partial charge in [-0.15, -0.1) is 0 Å². The van der Waals surface area contributed by atoms with Gasteiger partial charge in [0.15, 0.2) is 0 Å². The molecule has 0 aliphatic rings. The molecule has 18 heavy (non-hydrogen) atoms. The standard InChI is InChI=1S/C12H19BrN2O2S/c1-12(2,6-7-18(3,16)17)9-15-11-5-4-10(13)8-14-11/h4-5,8H,6-7,9H2,1-3H3,(H,14,15). The average Bonchev–Trinajstić information content (AvgIpc) is 2.25. The minimum absolute atomic E-state index is 0.0855. The molecule has 1 rings (SSSR count). The molecule has 4 nitrogen and oxygen atoms in total. The van der Waals surface area contributed by atoms with E-state index in [1.165, 1.54) is 6.26 Å². The highest BCUT2D eigenvalue weighted by Gasteiger charge is 2.20. The number of nitrogens with zero attached hydrogens (tertiary/aromatic N) is 1. The number of aromatic nitrogens is 1. The van der Waals surface area contributed by atoms with E-state index in [1.807, 2.05) is 26.0 Å². The number of hydrogen-bond donors (Lipinski definition) is 1. The van der Waals surface area contributed by atoms with Crippen molar-refractivity contribution in [2.24, 2.45) is 5.41 Å². The van der Waals surface area contributed by atoms with E-state index in [0.29, 0.717) is 13.0 Å². The SMILES string of the molecule is CC(C)(CCS(C)(=O)=O)CNc1ccc(Br)cn1. The first kappa shape index (κ1) is 15.4. The Kier molecular flexibility index (Phi) is 5.16. The van der Waals surface area contributed by atoms with Crippen molar-refractivity contribution < 1.29 is 8.42 Å². The molecule has 0 unspecified atom stereocenters. The molecule has 0 bridgehead atoms. The van der Waals surface area contributed by atoms with Gasteiger partial charge in [-0.05, 0) is 39.9 Å². The van der Waals surface area contributed by atoms with Crippen LogP contribution in [-0.2, 0) is 9.84 Å². The van der Waals surface area contributed by atoms with Crippen molar-refractivity contribution in [3.63, 3.8) is 0 Å². The molecule has 0 fully saturated rings. The molecule has 6 heteroatoms. The molecule has 1 aromatic heterocycles. The Morgan fingerprint density at radius 2 is 2.06 bits per heavy atom. The molecule has 0 radical (unpaired) electrons. The molecule has 1 N–H and O–H groups in total. The van der Waals surface area contributed by atoms with Gasteiger partial charge >= 0.3 is 0 Å². The summed E-state index contributed by atoms with van der Waals surface area (Å²) in [5, 5.41) is 3.22. The van der Waals surface area contributed by atoms with Gasteiger partial charge in [0.05, 0.1) is 5.75 Å². The van der Waals surface area contributed by atoms with Gasteiger partial charge in [0.1, 0.15) is 15.7 Å². The highest BCUT2D eigenvalue weighted by atomic mass is 79.9. The van der Waals surface area contributed by atoms with Gasteiger partial charge in [-0.3, -0.25) is 0 Å². The number of rotatable bonds is 6. The lowest BCUT2D eigenvalue weighted by atomic mass is 9.90. The lowest BCUT2D eigenvalue weighted by Crippen LogP contribution is -2.26. The maximum atomic E-state index is 11.2. The van der Waals surface area contributed by atoms with Crippen LogP contribution in [0.5, 0.6) is 0 Å². The van der Waals surface area contributed by atoms with Crippen LogP contribution >= 0.6 is 15.9 Å². The van der Waals surface area contributed by atoms with Crippen LogP contribution in [0, 0.1) is 5.41 Å². The van der Waals surface area contributed by atoms with Crippen molar-refractivity contribution >= 4 is 31.6 Å². The number of sulfone groups is 1. The third kappa shape index (κ3) is 6.35. The molecule has 0 atom stereocenters. The van der Waals surface area contributed by atoms with E-state index in [4.69, 9.17) is 0 Å². The van der Waals surface area contributed by atoms with Crippen LogP contribution in [0.3, 0.4) is 0 Å². The Balaban J connectivity index is 2.48. The van der Waals surface area contributed by atoms with E-state index < -0.39 is 9.84 Å². The Morgan fingerprint density at radius 1 is 1.39 bits per heavy atom. The van der Waals surface area contributed by atoms with E-state index >= 15 is 0 Å². The normalized spacial score (nSPS) is 12.4. The number of halogens is 1. The summed E-state index contributed by atoms with van der Waals surface area (Å²) in [6.07, 6.45) is 3.63. The molecule has 0 spiro atoms. The predicted octanol–water partition coefficient (Wildman–Crippen LogP) is 2.72. The van der Waals surface area contributed by atoms with E-state index in [0.717, 1.165) is 10.3 Å². The molecule has 1 heterocycles. The Labute approximate surface area is 117 Å². The fraction of sp³-hybridized carbons (Fsp3) is 0.583. The average molecular weight is 335 g/mol. The molecule has 0 aliphatic heterocycles. The van der Waals surface area contributed by atoms with Crippen LogP contribution in [0.25, 0.3) is 0 Å². The molecule has 0 saturated carbocycles. The summed E-state index contributed by atoms with van der Waals surface area (Å²) in [5.74, 6) is 1.01. The highest BCUT2D eigenvalue weighted by molar-refractivity contribution is 9.10. The smallest absolute Gasteiger partial charge is 0.147 e. The van der Waals surface area contributed by atoms with Crippen molar-refractivity contribution in [1.82, 2.24) is 4.98 Å². The van der Waals surface area contributed by atoms with Crippen LogP contribution in [0.1, 0.15) is 20.3 Å². The van der Waals surface area contributed by atoms with Gasteiger partial charge in [-0.25, -0.2) is 13.4 Å². The quantitative estimate of drug-likeness (QED) is 0.868. The Hall–Kier alpha value is -0.620. The second kappa shape index (κ2) is 6.02. The van der Waals surface area contributed by atoms with Crippen molar-refractivity contribution in [3.8, 4) is 0 Å². The number of pyridine rings is 1. The second-order valence-corrected chi connectivity index (χ2v) is 8.43. The molecular formula is C12H19BrN2O2S. The van der Waals surface area contributed by atoms with Gasteiger partial charge in [0, 0.05) is 23.5 Å². The van der Waals surface area contributed by atoms with Gasteiger partial charge in [-0.2, -0.15) is 0 Å². The number of hydrogen-bond acceptors (Lipinski definition) is 4. The number of nitrogens with one attached hydrogen (secondary N) is 1. The van der Waals surface area contributed by atoms with Crippen LogP contribution in [0.4, 0.5) is 5.82 Å². The van der Waals surface area contributed by atoms with E-state index in [2.05, 4.69) is 26.2 Å². The minimum atomic E-state index is -2.90. The molecule has 0 saturated heterocycles. The third-order valence-corrected chi connectivity index (χ3v) is 4.04. The number of anilines is 1. The van der Waals surface area contributed by atoms with Gasteiger partial charge in [0.2, 0.25) is 0 Å².